The van der Waals surface area contributed by atoms with E-state index in [4.69, 9.17) is 0 Å². The van der Waals surface area contributed by atoms with Crippen molar-refractivity contribution in [2.75, 3.05) is 0 Å². The van der Waals surface area contributed by atoms with Gasteiger partial charge in [-0.2, -0.15) is 0 Å². The quantitative estimate of drug-likeness (QED) is 0.661. The highest BCUT2D eigenvalue weighted by Gasteiger charge is 2.23. The average molecular weight is 188 g/mol. The van der Waals surface area contributed by atoms with Crippen molar-refractivity contribution in [2.45, 2.75) is 38.5 Å². The van der Waals surface area contributed by atoms with Gasteiger partial charge in [-0.15, -0.1) is 0 Å². The summed E-state index contributed by atoms with van der Waals surface area (Å²) in [5, 5.41) is 0. The van der Waals surface area contributed by atoms with Gasteiger partial charge in [0.25, 0.3) is 0 Å². The van der Waals surface area contributed by atoms with Crippen LogP contribution in [0.1, 0.15) is 42.7 Å². The number of benzene rings is 1. The minimum atomic E-state index is 0.185. The normalized spacial score (nSPS) is 22.4. The lowest BCUT2D eigenvalue weighted by molar-refractivity contribution is -0.121. The highest BCUT2D eigenvalue weighted by atomic mass is 16.1. The Labute approximate surface area is 85.1 Å². The molecule has 0 N–H and O–H groups in total. The van der Waals surface area contributed by atoms with Gasteiger partial charge in [-0.1, -0.05) is 36.2 Å². The summed E-state index contributed by atoms with van der Waals surface area (Å²) < 4.78 is 0. The summed E-state index contributed by atoms with van der Waals surface area (Å²) in [7, 11) is 0. The smallest absolute Gasteiger partial charge is 0.140 e. The molecule has 1 nitrogen and oxygen atoms in total. The molecule has 0 unspecified atom stereocenters. The van der Waals surface area contributed by atoms with Crippen LogP contribution in [0, 0.1) is 6.92 Å². The van der Waals surface area contributed by atoms with Crippen LogP contribution in [-0.4, -0.2) is 5.78 Å². The van der Waals surface area contributed by atoms with Crippen LogP contribution in [0.4, 0.5) is 0 Å². The maximum absolute atomic E-state index is 11.7. The first-order chi connectivity index (χ1) is 6.77. The van der Waals surface area contributed by atoms with Crippen molar-refractivity contribution in [1.82, 2.24) is 0 Å². The second kappa shape index (κ2) is 3.95. The highest BCUT2D eigenvalue weighted by molar-refractivity contribution is 5.86. The summed E-state index contributed by atoms with van der Waals surface area (Å²) in [6.45, 7) is 2.08. The van der Waals surface area contributed by atoms with Crippen LogP contribution in [0.15, 0.2) is 24.3 Å². The lowest BCUT2D eigenvalue weighted by Crippen LogP contribution is -2.16. The maximum atomic E-state index is 11.7. The second-order valence-corrected chi connectivity index (χ2v) is 4.18. The van der Waals surface area contributed by atoms with Crippen molar-refractivity contribution >= 4 is 5.78 Å². The van der Waals surface area contributed by atoms with E-state index in [1.807, 2.05) is 0 Å². The number of carbonyl (C=O) groups excluding carboxylic acids is 1. The van der Waals surface area contributed by atoms with E-state index < -0.39 is 0 Å². The Morgan fingerprint density at radius 2 is 1.86 bits per heavy atom. The minimum Gasteiger partial charge on any atom is -0.299 e. The number of Topliss-reactive ketones (excluding diaryl/α,β-unsaturated/α-hetero) is 1. The number of ketones is 1. The number of aryl methyl sites for hydroxylation is 1. The molecule has 0 radical (unpaired) electrons. The number of rotatable bonds is 1. The monoisotopic (exact) mass is 188 g/mol. The summed E-state index contributed by atoms with van der Waals surface area (Å²) in [6, 6.07) is 8.39. The zero-order valence-electron chi connectivity index (χ0n) is 8.62. The molecule has 1 aromatic rings. The van der Waals surface area contributed by atoms with Crippen LogP contribution >= 0.6 is 0 Å². The molecule has 1 aromatic carbocycles. The van der Waals surface area contributed by atoms with Crippen molar-refractivity contribution < 1.29 is 4.79 Å². The van der Waals surface area contributed by atoms with Gasteiger partial charge in [-0.25, -0.2) is 0 Å². The van der Waals surface area contributed by atoms with Gasteiger partial charge in [0, 0.05) is 12.3 Å². The topological polar surface area (TPSA) is 17.1 Å². The third kappa shape index (κ3) is 1.87. The van der Waals surface area contributed by atoms with Gasteiger partial charge in [0.2, 0.25) is 0 Å². The Bertz CT molecular complexity index is 324. The van der Waals surface area contributed by atoms with Gasteiger partial charge >= 0.3 is 0 Å². The largest absolute Gasteiger partial charge is 0.299 e. The van der Waals surface area contributed by atoms with E-state index in [1.165, 1.54) is 17.5 Å². The van der Waals surface area contributed by atoms with Crippen LogP contribution in [-0.2, 0) is 4.79 Å². The fraction of sp³-hybridized carbons (Fsp3) is 0.462. The van der Waals surface area contributed by atoms with Gasteiger partial charge < -0.3 is 0 Å². The lowest BCUT2D eigenvalue weighted by atomic mass is 9.83. The van der Waals surface area contributed by atoms with Crippen molar-refractivity contribution in [3.8, 4) is 0 Å². The Balaban J connectivity index is 2.20. The van der Waals surface area contributed by atoms with E-state index in [1.54, 1.807) is 0 Å². The Kier molecular flexibility index (Phi) is 2.67. The molecule has 1 aliphatic carbocycles. The second-order valence-electron chi connectivity index (χ2n) is 4.18. The third-order valence-electron chi connectivity index (χ3n) is 3.03. The van der Waals surface area contributed by atoms with E-state index in [-0.39, 0.29) is 5.92 Å². The van der Waals surface area contributed by atoms with E-state index in [2.05, 4.69) is 31.2 Å². The molecule has 0 aliphatic heterocycles. The summed E-state index contributed by atoms with van der Waals surface area (Å²) >= 11 is 0. The summed E-state index contributed by atoms with van der Waals surface area (Å²) in [5.41, 5.74) is 2.47. The standard InChI is InChI=1S/C13H16O/c1-10-6-8-11(9-7-10)12-4-2-3-5-13(12)14/h6-9,12H,2-5H2,1H3/t12-/m0/s1. The van der Waals surface area contributed by atoms with E-state index in [0.717, 1.165) is 19.3 Å². The molecule has 74 valence electrons. The van der Waals surface area contributed by atoms with E-state index in [0.29, 0.717) is 5.78 Å². The van der Waals surface area contributed by atoms with Crippen molar-refractivity contribution in [2.24, 2.45) is 0 Å². The van der Waals surface area contributed by atoms with Crippen LogP contribution in [0.3, 0.4) is 0 Å². The minimum absolute atomic E-state index is 0.185. The lowest BCUT2D eigenvalue weighted by Gasteiger charge is -2.20. The SMILES string of the molecule is Cc1ccc([C@@H]2CCCCC2=O)cc1. The first kappa shape index (κ1) is 9.45. The first-order valence-corrected chi connectivity index (χ1v) is 5.36. The molecule has 0 heterocycles. The van der Waals surface area contributed by atoms with Gasteiger partial charge in [-0.3, -0.25) is 4.79 Å². The van der Waals surface area contributed by atoms with Gasteiger partial charge in [-0.05, 0) is 25.3 Å². The zero-order valence-corrected chi connectivity index (χ0v) is 8.62. The number of carbonyl (C=O) groups is 1. The van der Waals surface area contributed by atoms with Gasteiger partial charge in [0.05, 0.1) is 0 Å². The predicted molar refractivity (Wildman–Crippen MR) is 57.4 cm³/mol. The molecule has 0 amide bonds. The molecule has 2 rings (SSSR count). The summed E-state index contributed by atoms with van der Waals surface area (Å²) in [5.74, 6) is 0.615. The highest BCUT2D eigenvalue weighted by Crippen LogP contribution is 2.29. The summed E-state index contributed by atoms with van der Waals surface area (Å²) in [4.78, 5) is 11.7. The zero-order chi connectivity index (χ0) is 9.97. The molecule has 0 aromatic heterocycles. The molecule has 14 heavy (non-hydrogen) atoms. The first-order valence-electron chi connectivity index (χ1n) is 5.36. The van der Waals surface area contributed by atoms with Crippen molar-refractivity contribution in [3.05, 3.63) is 35.4 Å². The Morgan fingerprint density at radius 1 is 1.14 bits per heavy atom. The van der Waals surface area contributed by atoms with Crippen LogP contribution in [0.25, 0.3) is 0 Å². The summed E-state index contributed by atoms with van der Waals surface area (Å²) in [6.07, 6.45) is 4.10. The maximum Gasteiger partial charge on any atom is 0.140 e. The van der Waals surface area contributed by atoms with Crippen molar-refractivity contribution in [3.63, 3.8) is 0 Å². The fourth-order valence-electron chi connectivity index (χ4n) is 2.13. The fourth-order valence-corrected chi connectivity index (χ4v) is 2.13. The number of hydrogen-bond acceptors (Lipinski definition) is 1. The molecular weight excluding hydrogens is 172 g/mol. The molecule has 1 aliphatic rings. The molecule has 0 bridgehead atoms. The van der Waals surface area contributed by atoms with Crippen LogP contribution in [0.2, 0.25) is 0 Å². The Morgan fingerprint density at radius 3 is 2.50 bits per heavy atom. The molecular formula is C13H16O. The van der Waals surface area contributed by atoms with E-state index >= 15 is 0 Å². The molecule has 0 spiro atoms. The van der Waals surface area contributed by atoms with Crippen LogP contribution in [0.5, 0.6) is 0 Å². The van der Waals surface area contributed by atoms with Gasteiger partial charge in [0.1, 0.15) is 5.78 Å². The molecule has 0 saturated heterocycles. The third-order valence-corrected chi connectivity index (χ3v) is 3.03. The van der Waals surface area contributed by atoms with E-state index in [9.17, 15) is 4.79 Å². The molecule has 1 atom stereocenters. The number of hydrogen-bond donors (Lipinski definition) is 0. The molecule has 1 heteroatoms. The average Bonchev–Trinajstić information content (AvgIpc) is 2.20. The van der Waals surface area contributed by atoms with Gasteiger partial charge in [0.15, 0.2) is 0 Å². The molecule has 1 saturated carbocycles. The molecule has 1 fully saturated rings. The van der Waals surface area contributed by atoms with Crippen molar-refractivity contribution in [1.29, 1.82) is 0 Å². The predicted octanol–water partition coefficient (Wildman–Crippen LogP) is 3.22. The Hall–Kier alpha value is -1.11. The van der Waals surface area contributed by atoms with Crippen LogP contribution < -0.4 is 0 Å².